The highest BCUT2D eigenvalue weighted by Gasteiger charge is 2.25. The highest BCUT2D eigenvalue weighted by Crippen LogP contribution is 2.22. The number of hydrogen-bond donors (Lipinski definition) is 1. The number of hydrogen-bond acceptors (Lipinski definition) is 3. The quantitative estimate of drug-likeness (QED) is 0.928. The van der Waals surface area contributed by atoms with E-state index in [2.05, 4.69) is 10.4 Å². The number of nitrogens with one attached hydrogen (secondary N) is 1. The number of halogens is 2. The van der Waals surface area contributed by atoms with Gasteiger partial charge in [0.15, 0.2) is 0 Å². The number of benzene rings is 2. The maximum Gasteiger partial charge on any atom is 0.271 e. The van der Waals surface area contributed by atoms with Crippen molar-refractivity contribution in [3.63, 3.8) is 0 Å². The van der Waals surface area contributed by atoms with Gasteiger partial charge in [0.25, 0.3) is 5.91 Å². The van der Waals surface area contributed by atoms with Crippen LogP contribution in [0.25, 0.3) is 0 Å². The van der Waals surface area contributed by atoms with Crippen molar-refractivity contribution in [3.8, 4) is 0 Å². The summed E-state index contributed by atoms with van der Waals surface area (Å²) >= 11 is 0. The minimum atomic E-state index is -0.794. The number of anilines is 2. The molecular weight excluding hydrogens is 328 g/mol. The Kier molecular flexibility index (Phi) is 4.56. The van der Waals surface area contributed by atoms with E-state index in [1.807, 2.05) is 13.0 Å². The topological polar surface area (TPSA) is 61.8 Å². The molecule has 0 saturated carbocycles. The zero-order valence-electron chi connectivity index (χ0n) is 13.4. The van der Waals surface area contributed by atoms with E-state index in [1.165, 1.54) is 5.01 Å². The summed E-state index contributed by atoms with van der Waals surface area (Å²) in [5.41, 5.74) is 1.62. The molecule has 128 valence electrons. The fraction of sp³-hybridized carbons (Fsp3) is 0.167. The van der Waals surface area contributed by atoms with E-state index < -0.39 is 17.5 Å². The lowest BCUT2D eigenvalue weighted by Gasteiger charge is -2.23. The van der Waals surface area contributed by atoms with Crippen LogP contribution < -0.4 is 10.3 Å². The van der Waals surface area contributed by atoms with Gasteiger partial charge in [0, 0.05) is 24.6 Å². The smallest absolute Gasteiger partial charge is 0.271 e. The first-order valence-corrected chi connectivity index (χ1v) is 7.67. The van der Waals surface area contributed by atoms with Gasteiger partial charge in [0.05, 0.1) is 5.69 Å². The molecule has 0 aliphatic carbocycles. The number of aryl methyl sites for hydroxylation is 1. The minimum absolute atomic E-state index is 0.00999. The van der Waals surface area contributed by atoms with E-state index in [0.29, 0.717) is 11.8 Å². The van der Waals surface area contributed by atoms with Gasteiger partial charge in [-0.15, -0.1) is 0 Å². The molecule has 1 aliphatic heterocycles. The first-order chi connectivity index (χ1) is 11.9. The summed E-state index contributed by atoms with van der Waals surface area (Å²) in [5, 5.41) is 7.70. The van der Waals surface area contributed by atoms with Gasteiger partial charge >= 0.3 is 0 Å². The second-order valence-electron chi connectivity index (χ2n) is 5.70. The van der Waals surface area contributed by atoms with E-state index in [0.717, 1.165) is 17.7 Å². The van der Waals surface area contributed by atoms with Crippen molar-refractivity contribution in [2.24, 2.45) is 5.10 Å². The molecule has 5 nitrogen and oxygen atoms in total. The van der Waals surface area contributed by atoms with Gasteiger partial charge in [0.2, 0.25) is 5.91 Å². The third kappa shape index (κ3) is 3.88. The Balaban J connectivity index is 1.84. The number of hydrazone groups is 1. The summed E-state index contributed by atoms with van der Waals surface area (Å²) in [5.74, 6) is -2.41. The standard InChI is InChI=1S/C18H15F2N3O2/c1-11-3-2-4-15(7-11)23-17(24)6-5-16(22-23)18(25)21-14-9-12(19)8-13(20)10-14/h2-4,7-10H,5-6H2,1H3,(H,21,25). The van der Waals surface area contributed by atoms with Crippen molar-refractivity contribution >= 4 is 28.9 Å². The van der Waals surface area contributed by atoms with Gasteiger partial charge in [-0.05, 0) is 36.8 Å². The second kappa shape index (κ2) is 6.80. The molecule has 25 heavy (non-hydrogen) atoms. The summed E-state index contributed by atoms with van der Waals surface area (Å²) in [7, 11) is 0. The van der Waals surface area contributed by atoms with Crippen LogP contribution in [0.5, 0.6) is 0 Å². The summed E-state index contributed by atoms with van der Waals surface area (Å²) in [4.78, 5) is 24.4. The normalized spacial score (nSPS) is 14.3. The number of nitrogens with zero attached hydrogens (tertiary/aromatic N) is 2. The Morgan fingerprint density at radius 2 is 1.84 bits per heavy atom. The summed E-state index contributed by atoms with van der Waals surface area (Å²) < 4.78 is 26.4. The third-order valence-electron chi connectivity index (χ3n) is 3.66. The molecule has 2 aromatic rings. The van der Waals surface area contributed by atoms with Crippen LogP contribution in [-0.2, 0) is 9.59 Å². The lowest BCUT2D eigenvalue weighted by molar-refractivity contribution is -0.118. The zero-order chi connectivity index (χ0) is 18.0. The van der Waals surface area contributed by atoms with Crippen LogP contribution in [0.4, 0.5) is 20.2 Å². The molecule has 0 fully saturated rings. The SMILES string of the molecule is Cc1cccc(N2N=C(C(=O)Nc3cc(F)cc(F)c3)CCC2=O)c1. The van der Waals surface area contributed by atoms with Gasteiger partial charge in [-0.1, -0.05) is 12.1 Å². The zero-order valence-corrected chi connectivity index (χ0v) is 13.4. The van der Waals surface area contributed by atoms with E-state index in [1.54, 1.807) is 18.2 Å². The van der Waals surface area contributed by atoms with Crippen LogP contribution in [0.15, 0.2) is 47.6 Å². The molecule has 3 rings (SSSR count). The highest BCUT2D eigenvalue weighted by atomic mass is 19.1. The first kappa shape index (κ1) is 16.8. The van der Waals surface area contributed by atoms with E-state index in [9.17, 15) is 18.4 Å². The molecule has 0 spiro atoms. The molecule has 2 aromatic carbocycles. The molecule has 0 radical (unpaired) electrons. The largest absolute Gasteiger partial charge is 0.321 e. The molecule has 0 aromatic heterocycles. The Labute approximate surface area is 143 Å². The molecule has 0 unspecified atom stereocenters. The maximum absolute atomic E-state index is 13.2. The van der Waals surface area contributed by atoms with E-state index in [-0.39, 0.29) is 30.1 Å². The molecule has 0 saturated heterocycles. The number of carbonyl (C=O) groups excluding carboxylic acids is 2. The van der Waals surface area contributed by atoms with Crippen molar-refractivity contribution < 1.29 is 18.4 Å². The molecule has 1 heterocycles. The molecule has 0 atom stereocenters. The van der Waals surface area contributed by atoms with Crippen molar-refractivity contribution in [1.29, 1.82) is 0 Å². The fourth-order valence-corrected chi connectivity index (χ4v) is 2.51. The van der Waals surface area contributed by atoms with Gasteiger partial charge in [0.1, 0.15) is 17.3 Å². The van der Waals surface area contributed by atoms with Gasteiger partial charge in [-0.2, -0.15) is 5.10 Å². The number of amides is 2. The van der Waals surface area contributed by atoms with E-state index >= 15 is 0 Å². The second-order valence-corrected chi connectivity index (χ2v) is 5.70. The van der Waals surface area contributed by atoms with Crippen LogP contribution in [0, 0.1) is 18.6 Å². The molecule has 2 amide bonds. The molecule has 1 N–H and O–H groups in total. The molecule has 1 aliphatic rings. The molecule has 7 heteroatoms. The molecule has 0 bridgehead atoms. The van der Waals surface area contributed by atoms with Crippen LogP contribution in [0.3, 0.4) is 0 Å². The predicted octanol–water partition coefficient (Wildman–Crippen LogP) is 3.39. The Bertz CT molecular complexity index is 860. The number of carbonyl (C=O) groups is 2. The Morgan fingerprint density at radius 3 is 2.52 bits per heavy atom. The predicted molar refractivity (Wildman–Crippen MR) is 90.3 cm³/mol. The van der Waals surface area contributed by atoms with Gasteiger partial charge < -0.3 is 5.32 Å². The first-order valence-electron chi connectivity index (χ1n) is 7.67. The van der Waals surface area contributed by atoms with Crippen molar-refractivity contribution in [2.45, 2.75) is 19.8 Å². The fourth-order valence-electron chi connectivity index (χ4n) is 2.51. The molecular formula is C18H15F2N3O2. The maximum atomic E-state index is 13.2. The lowest BCUT2D eigenvalue weighted by atomic mass is 10.1. The van der Waals surface area contributed by atoms with Crippen LogP contribution in [0.2, 0.25) is 0 Å². The average Bonchev–Trinajstić information content (AvgIpc) is 2.54. The van der Waals surface area contributed by atoms with Gasteiger partial charge in [-0.25, -0.2) is 13.8 Å². The van der Waals surface area contributed by atoms with Crippen molar-refractivity contribution in [3.05, 3.63) is 59.7 Å². The van der Waals surface area contributed by atoms with E-state index in [4.69, 9.17) is 0 Å². The minimum Gasteiger partial charge on any atom is -0.321 e. The summed E-state index contributed by atoms with van der Waals surface area (Å²) in [6.07, 6.45) is 0.280. The third-order valence-corrected chi connectivity index (χ3v) is 3.66. The average molecular weight is 343 g/mol. The Hall–Kier alpha value is -3.09. The van der Waals surface area contributed by atoms with Crippen LogP contribution in [-0.4, -0.2) is 17.5 Å². The highest BCUT2D eigenvalue weighted by molar-refractivity contribution is 6.44. The van der Waals surface area contributed by atoms with Crippen LogP contribution >= 0.6 is 0 Å². The monoisotopic (exact) mass is 343 g/mol. The van der Waals surface area contributed by atoms with Crippen LogP contribution in [0.1, 0.15) is 18.4 Å². The van der Waals surface area contributed by atoms with Crippen molar-refractivity contribution in [2.75, 3.05) is 10.3 Å². The number of rotatable bonds is 3. The summed E-state index contributed by atoms with van der Waals surface area (Å²) in [6.45, 7) is 1.88. The summed E-state index contributed by atoms with van der Waals surface area (Å²) in [6, 6.07) is 9.90. The Morgan fingerprint density at radius 1 is 1.12 bits per heavy atom. The lowest BCUT2D eigenvalue weighted by Crippen LogP contribution is -2.36. The van der Waals surface area contributed by atoms with Crippen molar-refractivity contribution in [1.82, 2.24) is 0 Å². The van der Waals surface area contributed by atoms with Gasteiger partial charge in [-0.3, -0.25) is 9.59 Å².